The van der Waals surface area contributed by atoms with E-state index in [0.29, 0.717) is 73.4 Å². The summed E-state index contributed by atoms with van der Waals surface area (Å²) < 4.78 is 73.6. The van der Waals surface area contributed by atoms with Crippen LogP contribution in [0.3, 0.4) is 0 Å². The first kappa shape index (κ1) is 42.1. The third kappa shape index (κ3) is 9.21. The number of carbonyl (C=O) groups is 1. The van der Waals surface area contributed by atoms with Crippen LogP contribution < -0.4 is 10.3 Å². The van der Waals surface area contributed by atoms with Crippen LogP contribution in [0.4, 0.5) is 17.6 Å². The Hall–Kier alpha value is -5.57. The van der Waals surface area contributed by atoms with E-state index in [9.17, 15) is 14.0 Å². The molecule has 320 valence electrons. The number of carbonyl (C=O) groups excluding carboxylic acids is 1. The van der Waals surface area contributed by atoms with Crippen LogP contribution in [0.2, 0.25) is 0 Å². The van der Waals surface area contributed by atoms with Crippen molar-refractivity contribution < 1.29 is 31.8 Å². The van der Waals surface area contributed by atoms with Crippen LogP contribution in [-0.2, 0) is 17.6 Å². The van der Waals surface area contributed by atoms with Crippen LogP contribution in [0.1, 0.15) is 71.7 Å². The van der Waals surface area contributed by atoms with Crippen molar-refractivity contribution in [3.8, 4) is 5.75 Å². The maximum absolute atomic E-state index is 16.0. The van der Waals surface area contributed by atoms with Gasteiger partial charge in [-0.3, -0.25) is 19.4 Å². The first-order chi connectivity index (χ1) is 29.3. The molecule has 2 aromatic heterocycles. The molecule has 0 unspecified atom stereocenters. The predicted octanol–water partition coefficient (Wildman–Crippen LogP) is 7.74. The summed E-state index contributed by atoms with van der Waals surface area (Å²) in [5.74, 6) is -2.45. The fourth-order valence-electron chi connectivity index (χ4n) is 8.81. The van der Waals surface area contributed by atoms with Crippen molar-refractivity contribution in [3.05, 3.63) is 140 Å². The Balaban J connectivity index is 0.801. The van der Waals surface area contributed by atoms with Gasteiger partial charge in [-0.25, -0.2) is 22.7 Å². The minimum atomic E-state index is -1.59. The Bertz CT molecular complexity index is 2580. The number of hydrogen-bond acceptors (Lipinski definition) is 7. The van der Waals surface area contributed by atoms with Crippen molar-refractivity contribution in [2.45, 2.75) is 57.8 Å². The molecule has 2 aliphatic rings. The predicted molar refractivity (Wildman–Crippen MR) is 226 cm³/mol. The van der Waals surface area contributed by atoms with E-state index in [1.807, 2.05) is 48.2 Å². The molecule has 1 saturated heterocycles. The van der Waals surface area contributed by atoms with Crippen molar-refractivity contribution in [2.75, 3.05) is 59.1 Å². The number of fused-ring (bicyclic) bond motifs is 4. The van der Waals surface area contributed by atoms with Crippen molar-refractivity contribution >= 4 is 27.6 Å². The van der Waals surface area contributed by atoms with E-state index in [2.05, 4.69) is 20.1 Å². The molecular formula is C47H50F4N6O4. The first-order valence-electron chi connectivity index (χ1n) is 20.8. The molecule has 2 N–H and O–H groups in total. The van der Waals surface area contributed by atoms with Gasteiger partial charge in [0.1, 0.15) is 35.5 Å². The van der Waals surface area contributed by atoms with Crippen molar-refractivity contribution in [3.63, 3.8) is 0 Å². The monoisotopic (exact) mass is 838 g/mol. The lowest BCUT2D eigenvalue weighted by atomic mass is 9.87. The zero-order valence-corrected chi connectivity index (χ0v) is 34.6. The highest BCUT2D eigenvalue weighted by Crippen LogP contribution is 2.43. The van der Waals surface area contributed by atoms with E-state index in [1.54, 1.807) is 29.2 Å². The molecule has 2 aliphatic heterocycles. The number of halogens is 4. The fourth-order valence-corrected chi connectivity index (χ4v) is 8.81. The number of para-hydroxylation sites is 1. The van der Waals surface area contributed by atoms with Gasteiger partial charge in [0.15, 0.2) is 0 Å². The summed E-state index contributed by atoms with van der Waals surface area (Å²) in [5, 5.41) is 8.95. The third-order valence-electron chi connectivity index (χ3n) is 11.7. The van der Waals surface area contributed by atoms with Gasteiger partial charge in [0.2, 0.25) is 0 Å². The number of rotatable bonds is 14. The van der Waals surface area contributed by atoms with Crippen molar-refractivity contribution in [2.24, 2.45) is 0 Å². The lowest BCUT2D eigenvalue weighted by Gasteiger charge is -2.43. The largest absolute Gasteiger partial charge is 0.491 e. The zero-order chi connectivity index (χ0) is 42.8. The van der Waals surface area contributed by atoms with Gasteiger partial charge in [-0.1, -0.05) is 42.5 Å². The van der Waals surface area contributed by atoms with E-state index >= 15 is 13.2 Å². The molecule has 1 fully saturated rings. The van der Waals surface area contributed by atoms with Gasteiger partial charge in [0.25, 0.3) is 11.5 Å². The van der Waals surface area contributed by atoms with Crippen LogP contribution in [0.5, 0.6) is 5.75 Å². The van der Waals surface area contributed by atoms with E-state index in [4.69, 9.17) is 9.47 Å². The Kier molecular flexibility index (Phi) is 12.3. The third-order valence-corrected chi connectivity index (χ3v) is 11.7. The average Bonchev–Trinajstić information content (AvgIpc) is 3.60. The molecule has 0 radical (unpaired) electrons. The second kappa shape index (κ2) is 17.8. The summed E-state index contributed by atoms with van der Waals surface area (Å²) in [7, 11) is 0. The lowest BCUT2D eigenvalue weighted by Crippen LogP contribution is -2.49. The molecule has 4 heterocycles. The maximum atomic E-state index is 16.0. The van der Waals surface area contributed by atoms with Gasteiger partial charge in [-0.15, -0.1) is 0 Å². The van der Waals surface area contributed by atoms with Gasteiger partial charge in [-0.05, 0) is 69.0 Å². The number of nitrogens with zero attached hydrogens (tertiary/aromatic N) is 4. The van der Waals surface area contributed by atoms with Crippen LogP contribution >= 0.6 is 0 Å². The highest BCUT2D eigenvalue weighted by molar-refractivity contribution is 5.95. The number of ether oxygens (including phenoxy) is 2. The van der Waals surface area contributed by atoms with Gasteiger partial charge < -0.3 is 19.4 Å². The smallest absolute Gasteiger partial charge is 0.272 e. The number of hydrogen-bond donors (Lipinski definition) is 2. The standard InChI is InChI=1S/C47H50F4N6O4/c1-29-23-35-33-10-6-7-12-40(33)52-43(35)44(57(29)28-47(2,3)51)42-38(49)26-31(27-39(42)50)61-22-21-60-20-8-15-55-16-18-56(19-17-55)46(59)36-24-30(13-14-37(36)48)25-41-32-9-4-5-11-34(32)45(58)54-53-41/h4-7,9-14,24,26-27,29,44,52H,8,15-23,25,28H2,1-3H3,(H,54,58)/t29-,44-/m1/s1. The summed E-state index contributed by atoms with van der Waals surface area (Å²) >= 11 is 0. The zero-order valence-electron chi connectivity index (χ0n) is 34.6. The van der Waals surface area contributed by atoms with Gasteiger partial charge in [0, 0.05) is 98.0 Å². The molecule has 8 rings (SSSR count). The molecule has 0 saturated carbocycles. The molecule has 61 heavy (non-hydrogen) atoms. The topological polar surface area (TPSA) is 107 Å². The average molecular weight is 839 g/mol. The lowest BCUT2D eigenvalue weighted by molar-refractivity contribution is 0.0592. The summed E-state index contributed by atoms with van der Waals surface area (Å²) in [6.07, 6.45) is 1.66. The van der Waals surface area contributed by atoms with E-state index in [-0.39, 0.29) is 54.1 Å². The van der Waals surface area contributed by atoms with E-state index in [1.165, 1.54) is 32.0 Å². The Morgan fingerprint density at radius 1 is 0.869 bits per heavy atom. The van der Waals surface area contributed by atoms with Crippen molar-refractivity contribution in [1.29, 1.82) is 0 Å². The number of amides is 1. The summed E-state index contributed by atoms with van der Waals surface area (Å²) in [4.78, 5) is 34.8. The highest BCUT2D eigenvalue weighted by Gasteiger charge is 2.41. The number of benzene rings is 4. The molecule has 4 aromatic carbocycles. The minimum absolute atomic E-state index is 0.00359. The number of aromatic amines is 2. The minimum Gasteiger partial charge on any atom is -0.491 e. The van der Waals surface area contributed by atoms with Gasteiger partial charge in [-0.2, -0.15) is 5.10 Å². The number of piperazine rings is 1. The summed E-state index contributed by atoms with van der Waals surface area (Å²) in [6.45, 7) is 8.52. The Morgan fingerprint density at radius 2 is 1.57 bits per heavy atom. The van der Waals surface area contributed by atoms with Crippen molar-refractivity contribution in [1.82, 2.24) is 29.9 Å². The van der Waals surface area contributed by atoms with E-state index in [0.717, 1.165) is 29.4 Å². The molecule has 2 atom stereocenters. The molecule has 0 aliphatic carbocycles. The second-order valence-electron chi connectivity index (χ2n) is 16.7. The van der Waals surface area contributed by atoms with Crippen LogP contribution in [0, 0.1) is 17.5 Å². The summed E-state index contributed by atoms with van der Waals surface area (Å²) in [5.41, 5.74) is 1.83. The molecular weight excluding hydrogens is 789 g/mol. The maximum Gasteiger partial charge on any atom is 0.272 e. The van der Waals surface area contributed by atoms with E-state index < -0.39 is 29.2 Å². The normalized spacial score (nSPS) is 17.6. The number of alkyl halides is 1. The summed E-state index contributed by atoms with van der Waals surface area (Å²) in [6, 6.07) is 20.7. The number of nitrogens with one attached hydrogen (secondary N) is 2. The Labute approximate surface area is 351 Å². The molecule has 10 nitrogen and oxygen atoms in total. The molecule has 1 amide bonds. The number of aromatic nitrogens is 3. The Morgan fingerprint density at radius 3 is 2.31 bits per heavy atom. The molecule has 0 bridgehead atoms. The number of H-pyrrole nitrogens is 2. The van der Waals surface area contributed by atoms with Gasteiger partial charge in [0.05, 0.1) is 29.3 Å². The van der Waals surface area contributed by atoms with Gasteiger partial charge >= 0.3 is 0 Å². The first-order valence-corrected chi connectivity index (χ1v) is 20.8. The molecule has 14 heteroatoms. The fraction of sp³-hybridized carbons (Fsp3) is 0.383. The molecule has 0 spiro atoms. The SMILES string of the molecule is C[C@@H]1Cc2c([nH]c3ccccc23)[C@@H](c2c(F)cc(OCCOCCCN3CCN(C(=O)c4cc(Cc5n[nH]c(=O)c6ccccc56)ccc4F)CC3)cc2F)N1CC(C)(C)F. The second-order valence-corrected chi connectivity index (χ2v) is 16.7. The highest BCUT2D eigenvalue weighted by atomic mass is 19.1. The van der Waals surface area contributed by atoms with Crippen LogP contribution in [-0.4, -0.2) is 107 Å². The van der Waals surface area contributed by atoms with Crippen LogP contribution in [0.15, 0.2) is 83.7 Å². The molecule has 6 aromatic rings. The quantitative estimate of drug-likeness (QED) is 0.0855. The van der Waals surface area contributed by atoms with Crippen LogP contribution in [0.25, 0.3) is 21.7 Å².